The molecule has 0 spiro atoms. The predicted octanol–water partition coefficient (Wildman–Crippen LogP) is 2.15. The monoisotopic (exact) mass is 280 g/mol. The number of methoxy groups -OCH3 is 2. The van der Waals surface area contributed by atoms with E-state index in [4.69, 9.17) is 14.2 Å². The quantitative estimate of drug-likeness (QED) is 0.865. The Kier molecular flexibility index (Phi) is 5.61. The minimum atomic E-state index is 0.317. The van der Waals surface area contributed by atoms with E-state index in [9.17, 15) is 0 Å². The Hall–Kier alpha value is -1.33. The second kappa shape index (κ2) is 7.45. The lowest BCUT2D eigenvalue weighted by Gasteiger charge is -2.28. The molecule has 112 valence electrons. The van der Waals surface area contributed by atoms with Crippen LogP contribution in [0, 0.1) is 0 Å². The van der Waals surface area contributed by atoms with Crippen molar-refractivity contribution in [3.63, 3.8) is 0 Å². The number of hydrogen-bond acceptors (Lipinski definition) is 5. The largest absolute Gasteiger partial charge is 0.493 e. The summed E-state index contributed by atoms with van der Waals surface area (Å²) in [4.78, 5) is 4.33. The summed E-state index contributed by atoms with van der Waals surface area (Å²) in [6.07, 6.45) is 6.57. The lowest BCUT2D eigenvalue weighted by Crippen LogP contribution is -2.32. The van der Waals surface area contributed by atoms with Crippen molar-refractivity contribution < 1.29 is 14.2 Å². The maximum atomic E-state index is 5.98. The molecule has 0 radical (unpaired) electrons. The molecule has 1 aromatic heterocycles. The van der Waals surface area contributed by atoms with Gasteiger partial charge in [-0.2, -0.15) is 0 Å². The van der Waals surface area contributed by atoms with Crippen LogP contribution in [0.1, 0.15) is 31.4 Å². The highest BCUT2D eigenvalue weighted by Crippen LogP contribution is 2.30. The summed E-state index contributed by atoms with van der Waals surface area (Å²) in [5, 5.41) is 3.33. The van der Waals surface area contributed by atoms with Crippen molar-refractivity contribution in [3.05, 3.63) is 18.0 Å². The molecule has 5 heteroatoms. The van der Waals surface area contributed by atoms with Crippen LogP contribution in [-0.4, -0.2) is 38.4 Å². The molecule has 0 aromatic carbocycles. The average molecular weight is 280 g/mol. The molecule has 5 nitrogen and oxygen atoms in total. The zero-order valence-electron chi connectivity index (χ0n) is 12.5. The number of hydrogen-bond donors (Lipinski definition) is 1. The molecule has 1 aromatic rings. The molecule has 0 unspecified atom stereocenters. The second-order valence-corrected chi connectivity index (χ2v) is 5.07. The third-order valence-corrected chi connectivity index (χ3v) is 3.90. The minimum absolute atomic E-state index is 0.317. The van der Waals surface area contributed by atoms with Gasteiger partial charge in [0.1, 0.15) is 5.69 Å². The first-order valence-electron chi connectivity index (χ1n) is 7.13. The van der Waals surface area contributed by atoms with Crippen LogP contribution in [0.3, 0.4) is 0 Å². The van der Waals surface area contributed by atoms with Crippen LogP contribution < -0.4 is 14.8 Å². The maximum Gasteiger partial charge on any atom is 0.184 e. The third kappa shape index (κ3) is 3.61. The van der Waals surface area contributed by atoms with Crippen molar-refractivity contribution in [2.24, 2.45) is 0 Å². The molecule has 0 saturated heterocycles. The number of ether oxygens (including phenoxy) is 3. The summed E-state index contributed by atoms with van der Waals surface area (Å²) in [5.74, 6) is 1.36. The van der Waals surface area contributed by atoms with E-state index >= 15 is 0 Å². The normalized spacial score (nSPS) is 22.6. The van der Waals surface area contributed by atoms with E-state index in [2.05, 4.69) is 10.3 Å². The number of nitrogens with zero attached hydrogens (tertiary/aromatic N) is 1. The first-order valence-corrected chi connectivity index (χ1v) is 7.13. The molecule has 1 aliphatic rings. The van der Waals surface area contributed by atoms with Gasteiger partial charge >= 0.3 is 0 Å². The molecule has 0 aliphatic heterocycles. The summed E-state index contributed by atoms with van der Waals surface area (Å²) in [7, 11) is 5.28. The van der Waals surface area contributed by atoms with E-state index in [-0.39, 0.29) is 0 Å². The standard InChI is InChI=1S/C15H24N2O3/c1-16-11-4-6-12(7-5-11)20-10-13-15(19-3)14(18-2)8-9-17-13/h8-9,11-12,16H,4-7,10H2,1-3H3. The minimum Gasteiger partial charge on any atom is -0.493 e. The van der Waals surface area contributed by atoms with Crippen LogP contribution in [0.5, 0.6) is 11.5 Å². The zero-order valence-corrected chi connectivity index (χ0v) is 12.5. The smallest absolute Gasteiger partial charge is 0.184 e. The number of nitrogens with one attached hydrogen (secondary N) is 1. The molecule has 1 aliphatic carbocycles. The van der Waals surface area contributed by atoms with Gasteiger partial charge in [0.25, 0.3) is 0 Å². The van der Waals surface area contributed by atoms with Gasteiger partial charge < -0.3 is 19.5 Å². The van der Waals surface area contributed by atoms with Gasteiger partial charge in [-0.3, -0.25) is 4.98 Å². The highest BCUT2D eigenvalue weighted by Gasteiger charge is 2.21. The lowest BCUT2D eigenvalue weighted by molar-refractivity contribution is 0.00934. The molecule has 1 N–H and O–H groups in total. The molecule has 0 amide bonds. The van der Waals surface area contributed by atoms with Gasteiger partial charge in [0, 0.05) is 18.3 Å². The highest BCUT2D eigenvalue weighted by atomic mass is 16.5. The van der Waals surface area contributed by atoms with Crippen LogP contribution >= 0.6 is 0 Å². The molecule has 2 rings (SSSR count). The summed E-state index contributed by atoms with van der Waals surface area (Å²) in [5.41, 5.74) is 0.794. The van der Waals surface area contributed by atoms with Crippen molar-refractivity contribution in [1.29, 1.82) is 0 Å². The first kappa shape index (κ1) is 15.1. The van der Waals surface area contributed by atoms with E-state index in [0.29, 0.717) is 30.3 Å². The van der Waals surface area contributed by atoms with Crippen molar-refractivity contribution in [1.82, 2.24) is 10.3 Å². The van der Waals surface area contributed by atoms with E-state index in [1.54, 1.807) is 26.5 Å². The molecule has 1 fully saturated rings. The number of pyridine rings is 1. The second-order valence-electron chi connectivity index (χ2n) is 5.07. The fourth-order valence-electron chi connectivity index (χ4n) is 2.67. The van der Waals surface area contributed by atoms with Gasteiger partial charge in [-0.25, -0.2) is 0 Å². The van der Waals surface area contributed by atoms with Crippen LogP contribution in [0.4, 0.5) is 0 Å². The van der Waals surface area contributed by atoms with Gasteiger partial charge in [0.05, 0.1) is 26.9 Å². The summed E-state index contributed by atoms with van der Waals surface area (Å²) in [6, 6.07) is 2.43. The molecular formula is C15H24N2O3. The molecule has 0 atom stereocenters. The molecule has 0 bridgehead atoms. The molecule has 20 heavy (non-hydrogen) atoms. The average Bonchev–Trinajstić information content (AvgIpc) is 2.52. The van der Waals surface area contributed by atoms with Gasteiger partial charge in [0.2, 0.25) is 0 Å². The van der Waals surface area contributed by atoms with Crippen molar-refractivity contribution >= 4 is 0 Å². The lowest BCUT2D eigenvalue weighted by atomic mass is 9.93. The fourth-order valence-corrected chi connectivity index (χ4v) is 2.67. The van der Waals surface area contributed by atoms with Crippen LogP contribution in [-0.2, 0) is 11.3 Å². The first-order chi connectivity index (χ1) is 9.78. The third-order valence-electron chi connectivity index (χ3n) is 3.90. The van der Waals surface area contributed by atoms with Gasteiger partial charge in [-0.05, 0) is 32.7 Å². The Morgan fingerprint density at radius 2 is 1.95 bits per heavy atom. The van der Waals surface area contributed by atoms with Crippen LogP contribution in [0.25, 0.3) is 0 Å². The van der Waals surface area contributed by atoms with Gasteiger partial charge in [-0.15, -0.1) is 0 Å². The Morgan fingerprint density at radius 1 is 1.20 bits per heavy atom. The Labute approximate surface area is 120 Å². The SMILES string of the molecule is CNC1CCC(OCc2nccc(OC)c2OC)CC1. The van der Waals surface area contributed by atoms with Crippen molar-refractivity contribution in [3.8, 4) is 11.5 Å². The zero-order chi connectivity index (χ0) is 14.4. The van der Waals surface area contributed by atoms with Crippen LogP contribution in [0.2, 0.25) is 0 Å². The van der Waals surface area contributed by atoms with Crippen LogP contribution in [0.15, 0.2) is 12.3 Å². The van der Waals surface area contributed by atoms with Crippen molar-refractivity contribution in [2.45, 2.75) is 44.4 Å². The van der Waals surface area contributed by atoms with E-state index in [0.717, 1.165) is 18.5 Å². The van der Waals surface area contributed by atoms with E-state index < -0.39 is 0 Å². The Balaban J connectivity index is 1.91. The molecule has 1 saturated carbocycles. The Morgan fingerprint density at radius 3 is 2.55 bits per heavy atom. The summed E-state index contributed by atoms with van der Waals surface area (Å²) >= 11 is 0. The van der Waals surface area contributed by atoms with Gasteiger partial charge in [0.15, 0.2) is 11.5 Å². The molecular weight excluding hydrogens is 256 g/mol. The maximum absolute atomic E-state index is 5.98. The summed E-state index contributed by atoms with van der Waals surface area (Å²) in [6.45, 7) is 0.468. The predicted molar refractivity (Wildman–Crippen MR) is 77.2 cm³/mol. The fraction of sp³-hybridized carbons (Fsp3) is 0.667. The Bertz CT molecular complexity index is 418. The highest BCUT2D eigenvalue weighted by molar-refractivity contribution is 5.42. The summed E-state index contributed by atoms with van der Waals surface area (Å²) < 4.78 is 16.6. The van der Waals surface area contributed by atoms with Gasteiger partial charge in [-0.1, -0.05) is 0 Å². The number of rotatable bonds is 6. The molecule has 1 heterocycles. The van der Waals surface area contributed by atoms with Crippen molar-refractivity contribution in [2.75, 3.05) is 21.3 Å². The topological polar surface area (TPSA) is 52.6 Å². The van der Waals surface area contributed by atoms with E-state index in [1.807, 2.05) is 7.05 Å². The van der Waals surface area contributed by atoms with E-state index in [1.165, 1.54) is 12.8 Å². The number of aromatic nitrogens is 1.